The van der Waals surface area contributed by atoms with E-state index in [1.807, 2.05) is 26.0 Å². The number of hydrogen-bond donors (Lipinski definition) is 0. The van der Waals surface area contributed by atoms with Gasteiger partial charge in [0.05, 0.1) is 12.7 Å². The molecule has 3 heteroatoms. The molecule has 1 unspecified atom stereocenters. The van der Waals surface area contributed by atoms with Crippen LogP contribution in [0.5, 0.6) is 5.75 Å². The zero-order valence-electron chi connectivity index (χ0n) is 10.0. The van der Waals surface area contributed by atoms with Gasteiger partial charge in [-0.15, -0.1) is 0 Å². The molecule has 0 aromatic heterocycles. The van der Waals surface area contributed by atoms with Crippen LogP contribution in [0.1, 0.15) is 30.6 Å². The number of methoxy groups -OCH3 is 1. The zero-order chi connectivity index (χ0) is 12.0. The molecular formula is C13H18O3. The quantitative estimate of drug-likeness (QED) is 0.694. The molecule has 1 aromatic rings. The SMILES string of the molecule is CCOC(CC)C(=O)c1ccccc1OC. The molecule has 1 atom stereocenters. The summed E-state index contributed by atoms with van der Waals surface area (Å²) in [5.41, 5.74) is 0.588. The number of benzene rings is 1. The average Bonchev–Trinajstić information content (AvgIpc) is 2.35. The lowest BCUT2D eigenvalue weighted by molar-refractivity contribution is 0.0441. The van der Waals surface area contributed by atoms with Crippen molar-refractivity contribution in [2.24, 2.45) is 0 Å². The first-order chi connectivity index (χ1) is 7.74. The number of hydrogen-bond acceptors (Lipinski definition) is 3. The van der Waals surface area contributed by atoms with Crippen LogP contribution in [0.15, 0.2) is 24.3 Å². The van der Waals surface area contributed by atoms with Crippen LogP contribution in [0, 0.1) is 0 Å². The second-order valence-electron chi connectivity index (χ2n) is 3.42. The molecule has 0 fully saturated rings. The Bertz CT molecular complexity index is 347. The summed E-state index contributed by atoms with van der Waals surface area (Å²) < 4.78 is 10.6. The minimum absolute atomic E-state index is 0.0122. The molecule has 0 spiro atoms. The van der Waals surface area contributed by atoms with E-state index in [-0.39, 0.29) is 11.9 Å². The Morgan fingerprint density at radius 3 is 2.56 bits per heavy atom. The lowest BCUT2D eigenvalue weighted by Crippen LogP contribution is -2.24. The monoisotopic (exact) mass is 222 g/mol. The molecule has 0 aliphatic rings. The van der Waals surface area contributed by atoms with Gasteiger partial charge in [-0.25, -0.2) is 0 Å². The van der Waals surface area contributed by atoms with E-state index in [0.717, 1.165) is 0 Å². The largest absolute Gasteiger partial charge is 0.496 e. The summed E-state index contributed by atoms with van der Waals surface area (Å²) >= 11 is 0. The van der Waals surface area contributed by atoms with E-state index >= 15 is 0 Å². The van der Waals surface area contributed by atoms with E-state index in [0.29, 0.717) is 24.3 Å². The first-order valence-corrected chi connectivity index (χ1v) is 5.53. The summed E-state index contributed by atoms with van der Waals surface area (Å²) in [4.78, 5) is 12.1. The smallest absolute Gasteiger partial charge is 0.195 e. The van der Waals surface area contributed by atoms with Crippen LogP contribution in [-0.4, -0.2) is 25.6 Å². The fraction of sp³-hybridized carbons (Fsp3) is 0.462. The van der Waals surface area contributed by atoms with E-state index in [9.17, 15) is 4.79 Å². The Labute approximate surface area is 96.4 Å². The Hall–Kier alpha value is -1.35. The van der Waals surface area contributed by atoms with Crippen LogP contribution in [0.4, 0.5) is 0 Å². The van der Waals surface area contributed by atoms with Crippen LogP contribution in [0.25, 0.3) is 0 Å². The van der Waals surface area contributed by atoms with Crippen LogP contribution in [0.3, 0.4) is 0 Å². The lowest BCUT2D eigenvalue weighted by Gasteiger charge is -2.15. The summed E-state index contributed by atoms with van der Waals surface area (Å²) in [6.45, 7) is 4.37. The predicted octanol–water partition coefficient (Wildman–Crippen LogP) is 2.69. The maximum Gasteiger partial charge on any atom is 0.195 e. The minimum Gasteiger partial charge on any atom is -0.496 e. The van der Waals surface area contributed by atoms with Gasteiger partial charge in [0.25, 0.3) is 0 Å². The molecule has 1 rings (SSSR count). The van der Waals surface area contributed by atoms with E-state index in [1.54, 1.807) is 19.2 Å². The van der Waals surface area contributed by atoms with Crippen molar-refractivity contribution in [1.29, 1.82) is 0 Å². The van der Waals surface area contributed by atoms with Crippen molar-refractivity contribution in [3.63, 3.8) is 0 Å². The Morgan fingerprint density at radius 1 is 1.31 bits per heavy atom. The Balaban J connectivity index is 2.93. The summed E-state index contributed by atoms with van der Waals surface area (Å²) in [7, 11) is 1.56. The predicted molar refractivity (Wildman–Crippen MR) is 63.0 cm³/mol. The topological polar surface area (TPSA) is 35.5 Å². The van der Waals surface area contributed by atoms with Gasteiger partial charge in [0, 0.05) is 6.61 Å². The van der Waals surface area contributed by atoms with Crippen molar-refractivity contribution in [3.8, 4) is 5.75 Å². The number of Topliss-reactive ketones (excluding diaryl/α,β-unsaturated/α-hetero) is 1. The fourth-order valence-corrected chi connectivity index (χ4v) is 1.60. The van der Waals surface area contributed by atoms with E-state index < -0.39 is 0 Å². The van der Waals surface area contributed by atoms with Gasteiger partial charge in [-0.2, -0.15) is 0 Å². The zero-order valence-corrected chi connectivity index (χ0v) is 10.0. The van der Waals surface area contributed by atoms with Crippen molar-refractivity contribution in [3.05, 3.63) is 29.8 Å². The number of ketones is 1. The van der Waals surface area contributed by atoms with Crippen molar-refractivity contribution in [2.75, 3.05) is 13.7 Å². The molecule has 0 aliphatic carbocycles. The molecule has 0 heterocycles. The number of carbonyl (C=O) groups is 1. The van der Waals surface area contributed by atoms with Crippen LogP contribution >= 0.6 is 0 Å². The average molecular weight is 222 g/mol. The van der Waals surface area contributed by atoms with Crippen molar-refractivity contribution in [1.82, 2.24) is 0 Å². The Morgan fingerprint density at radius 2 is 2.00 bits per heavy atom. The highest BCUT2D eigenvalue weighted by Crippen LogP contribution is 2.20. The van der Waals surface area contributed by atoms with Crippen LogP contribution in [-0.2, 0) is 4.74 Å². The number of ether oxygens (including phenoxy) is 2. The van der Waals surface area contributed by atoms with Crippen molar-refractivity contribution < 1.29 is 14.3 Å². The minimum atomic E-state index is -0.374. The van der Waals surface area contributed by atoms with Crippen LogP contribution < -0.4 is 4.74 Å². The van der Waals surface area contributed by atoms with E-state index in [2.05, 4.69) is 0 Å². The molecule has 16 heavy (non-hydrogen) atoms. The first-order valence-electron chi connectivity index (χ1n) is 5.53. The van der Waals surface area contributed by atoms with Gasteiger partial charge in [-0.05, 0) is 25.5 Å². The molecule has 0 bridgehead atoms. The maximum atomic E-state index is 12.1. The van der Waals surface area contributed by atoms with Gasteiger partial charge in [-0.1, -0.05) is 19.1 Å². The summed E-state index contributed by atoms with van der Waals surface area (Å²) in [5, 5.41) is 0. The summed E-state index contributed by atoms with van der Waals surface area (Å²) in [5.74, 6) is 0.590. The van der Waals surface area contributed by atoms with Gasteiger partial charge in [-0.3, -0.25) is 4.79 Å². The highest BCUT2D eigenvalue weighted by atomic mass is 16.5. The molecule has 0 radical (unpaired) electrons. The van der Waals surface area contributed by atoms with Gasteiger partial charge in [0.15, 0.2) is 5.78 Å². The molecular weight excluding hydrogens is 204 g/mol. The van der Waals surface area contributed by atoms with E-state index in [4.69, 9.17) is 9.47 Å². The molecule has 0 saturated carbocycles. The van der Waals surface area contributed by atoms with Gasteiger partial charge >= 0.3 is 0 Å². The fourth-order valence-electron chi connectivity index (χ4n) is 1.60. The molecule has 0 amide bonds. The number of para-hydroxylation sites is 1. The molecule has 0 aliphatic heterocycles. The molecule has 88 valence electrons. The summed E-state index contributed by atoms with van der Waals surface area (Å²) in [6, 6.07) is 7.22. The number of rotatable bonds is 6. The van der Waals surface area contributed by atoms with E-state index in [1.165, 1.54) is 0 Å². The van der Waals surface area contributed by atoms with Crippen LogP contribution in [0.2, 0.25) is 0 Å². The highest BCUT2D eigenvalue weighted by Gasteiger charge is 2.21. The standard InChI is InChI=1S/C13H18O3/c1-4-11(16-5-2)13(14)10-8-6-7-9-12(10)15-3/h6-9,11H,4-5H2,1-3H3. The second kappa shape index (κ2) is 6.28. The van der Waals surface area contributed by atoms with Crippen molar-refractivity contribution in [2.45, 2.75) is 26.4 Å². The summed E-state index contributed by atoms with van der Waals surface area (Å²) in [6.07, 6.45) is 0.298. The number of carbonyl (C=O) groups excluding carboxylic acids is 1. The molecule has 3 nitrogen and oxygen atoms in total. The maximum absolute atomic E-state index is 12.1. The molecule has 0 saturated heterocycles. The first kappa shape index (κ1) is 12.7. The molecule has 0 N–H and O–H groups in total. The normalized spacial score (nSPS) is 12.2. The Kier molecular flexibility index (Phi) is 4.99. The van der Waals surface area contributed by atoms with Gasteiger partial charge in [0.1, 0.15) is 11.9 Å². The third-order valence-corrected chi connectivity index (χ3v) is 2.40. The van der Waals surface area contributed by atoms with Gasteiger partial charge in [0.2, 0.25) is 0 Å². The third kappa shape index (κ3) is 2.83. The highest BCUT2D eigenvalue weighted by molar-refractivity contribution is 6.01. The van der Waals surface area contributed by atoms with Crippen molar-refractivity contribution >= 4 is 5.78 Å². The lowest BCUT2D eigenvalue weighted by atomic mass is 10.0. The van der Waals surface area contributed by atoms with Gasteiger partial charge < -0.3 is 9.47 Å². The molecule has 1 aromatic carbocycles. The second-order valence-corrected chi connectivity index (χ2v) is 3.42. The third-order valence-electron chi connectivity index (χ3n) is 2.40.